The van der Waals surface area contributed by atoms with Crippen molar-refractivity contribution in [3.05, 3.63) is 57.4 Å². The summed E-state index contributed by atoms with van der Waals surface area (Å²) in [6.45, 7) is -0.0705. The summed E-state index contributed by atoms with van der Waals surface area (Å²) in [5, 5.41) is 27.9. The van der Waals surface area contributed by atoms with Crippen LogP contribution >= 0.6 is 11.6 Å². The molecule has 0 saturated carbocycles. The van der Waals surface area contributed by atoms with Crippen LogP contribution in [0.4, 0.5) is 27.1 Å². The second-order valence-corrected chi connectivity index (χ2v) is 5.58. The van der Waals surface area contributed by atoms with Crippen LogP contribution < -0.4 is 16.0 Å². The number of nitrogens with one attached hydrogen (secondary N) is 3. The maximum atomic E-state index is 13.1. The van der Waals surface area contributed by atoms with E-state index in [1.54, 1.807) is 0 Å². The lowest BCUT2D eigenvalue weighted by molar-refractivity contribution is -0.384. The van der Waals surface area contributed by atoms with Gasteiger partial charge in [-0.3, -0.25) is 14.9 Å². The topological polar surface area (TPSA) is 117 Å². The number of rotatable bonds is 8. The highest BCUT2D eigenvalue weighted by molar-refractivity contribution is 6.31. The molecular weight excluding hydrogens is 367 g/mol. The molecule has 2 aromatic carbocycles. The van der Waals surface area contributed by atoms with Gasteiger partial charge in [-0.05, 0) is 24.3 Å². The number of carbonyl (C=O) groups is 1. The highest BCUT2D eigenvalue weighted by atomic mass is 35.5. The summed E-state index contributed by atoms with van der Waals surface area (Å²) in [5.41, 5.74) is 1.01. The molecule has 2 rings (SSSR count). The van der Waals surface area contributed by atoms with E-state index in [1.807, 2.05) is 0 Å². The van der Waals surface area contributed by atoms with E-state index in [2.05, 4.69) is 16.0 Å². The summed E-state index contributed by atoms with van der Waals surface area (Å²) in [6.07, 6.45) is 0. The maximum absolute atomic E-state index is 13.1. The molecule has 0 aromatic heterocycles. The van der Waals surface area contributed by atoms with Gasteiger partial charge in [-0.25, -0.2) is 4.39 Å². The lowest BCUT2D eigenvalue weighted by Crippen LogP contribution is -2.22. The fourth-order valence-corrected chi connectivity index (χ4v) is 2.27. The highest BCUT2D eigenvalue weighted by Crippen LogP contribution is 2.27. The number of hydrogen-bond donors (Lipinski definition) is 4. The summed E-state index contributed by atoms with van der Waals surface area (Å²) in [7, 11) is 0. The second-order valence-electron chi connectivity index (χ2n) is 5.17. The Labute approximate surface area is 153 Å². The molecule has 0 fully saturated rings. The quantitative estimate of drug-likeness (QED) is 0.412. The number of nitro groups is 1. The lowest BCUT2D eigenvalue weighted by atomic mass is 10.2. The van der Waals surface area contributed by atoms with E-state index in [0.29, 0.717) is 17.1 Å². The van der Waals surface area contributed by atoms with Gasteiger partial charge in [-0.2, -0.15) is 0 Å². The number of non-ortho nitro benzene ring substituents is 1. The van der Waals surface area contributed by atoms with Crippen molar-refractivity contribution < 1.29 is 19.2 Å². The summed E-state index contributed by atoms with van der Waals surface area (Å²) >= 11 is 5.65. The molecule has 0 spiro atoms. The minimum Gasteiger partial charge on any atom is -0.395 e. The van der Waals surface area contributed by atoms with Gasteiger partial charge in [0, 0.05) is 24.4 Å². The molecule has 0 aliphatic rings. The first-order valence-corrected chi connectivity index (χ1v) is 7.90. The smallest absolute Gasteiger partial charge is 0.271 e. The van der Waals surface area contributed by atoms with Crippen LogP contribution in [0.15, 0.2) is 36.4 Å². The summed E-state index contributed by atoms with van der Waals surface area (Å²) in [4.78, 5) is 22.4. The van der Waals surface area contributed by atoms with Crippen molar-refractivity contribution >= 4 is 40.3 Å². The van der Waals surface area contributed by atoms with E-state index in [4.69, 9.17) is 16.7 Å². The van der Waals surface area contributed by atoms with Gasteiger partial charge in [0.05, 0.1) is 34.5 Å². The van der Waals surface area contributed by atoms with E-state index in [0.717, 1.165) is 6.07 Å². The van der Waals surface area contributed by atoms with Crippen molar-refractivity contribution in [2.24, 2.45) is 0 Å². The monoisotopic (exact) mass is 382 g/mol. The van der Waals surface area contributed by atoms with Crippen molar-refractivity contribution in [1.29, 1.82) is 0 Å². The van der Waals surface area contributed by atoms with Gasteiger partial charge >= 0.3 is 0 Å². The summed E-state index contributed by atoms with van der Waals surface area (Å²) < 4.78 is 13.1. The summed E-state index contributed by atoms with van der Waals surface area (Å²) in [6, 6.07) is 7.83. The molecule has 0 heterocycles. The van der Waals surface area contributed by atoms with Crippen molar-refractivity contribution in [1.82, 2.24) is 0 Å². The molecule has 4 N–H and O–H groups in total. The van der Waals surface area contributed by atoms with Gasteiger partial charge in [-0.15, -0.1) is 0 Å². The molecule has 0 saturated heterocycles. The lowest BCUT2D eigenvalue weighted by Gasteiger charge is -2.13. The summed E-state index contributed by atoms with van der Waals surface area (Å²) in [5.74, 6) is -1.05. The Hall–Kier alpha value is -2.91. The van der Waals surface area contributed by atoms with Crippen molar-refractivity contribution in [3.8, 4) is 0 Å². The zero-order chi connectivity index (χ0) is 19.1. The first kappa shape index (κ1) is 19.4. The van der Waals surface area contributed by atoms with E-state index < -0.39 is 16.6 Å². The Bertz CT molecular complexity index is 819. The molecule has 2 aromatic rings. The predicted molar refractivity (Wildman–Crippen MR) is 97.2 cm³/mol. The van der Waals surface area contributed by atoms with E-state index >= 15 is 0 Å². The van der Waals surface area contributed by atoms with Crippen LogP contribution in [0.25, 0.3) is 0 Å². The van der Waals surface area contributed by atoms with Crippen LogP contribution in [-0.2, 0) is 4.79 Å². The number of nitrogens with zero attached hydrogens (tertiary/aromatic N) is 1. The molecule has 0 atom stereocenters. The Morgan fingerprint density at radius 1 is 1.19 bits per heavy atom. The minimum absolute atomic E-state index is 0.120. The van der Waals surface area contributed by atoms with E-state index in [1.165, 1.54) is 30.3 Å². The first-order valence-electron chi connectivity index (χ1n) is 7.52. The normalized spacial score (nSPS) is 10.3. The van der Waals surface area contributed by atoms with Crippen molar-refractivity contribution in [2.45, 2.75) is 0 Å². The van der Waals surface area contributed by atoms with Gasteiger partial charge in [0.2, 0.25) is 5.91 Å². The van der Waals surface area contributed by atoms with Crippen LogP contribution in [0.2, 0.25) is 5.02 Å². The fraction of sp³-hybridized carbons (Fsp3) is 0.188. The SMILES string of the molecule is O=C(CNc1cc([N+](=O)[O-])ccc1NCCO)Nc1ccc(F)c(Cl)c1. The number of nitro benzene ring substituents is 1. The van der Waals surface area contributed by atoms with Gasteiger partial charge in [-0.1, -0.05) is 11.6 Å². The average molecular weight is 383 g/mol. The fourth-order valence-electron chi connectivity index (χ4n) is 2.09. The Balaban J connectivity index is 2.06. The average Bonchev–Trinajstić information content (AvgIpc) is 2.61. The maximum Gasteiger partial charge on any atom is 0.271 e. The number of carbonyl (C=O) groups excluding carboxylic acids is 1. The van der Waals surface area contributed by atoms with Crippen LogP contribution in [0.3, 0.4) is 0 Å². The molecule has 10 heteroatoms. The third kappa shape index (κ3) is 5.30. The Morgan fingerprint density at radius 2 is 1.96 bits per heavy atom. The van der Waals surface area contributed by atoms with Crippen LogP contribution in [0, 0.1) is 15.9 Å². The number of aliphatic hydroxyl groups is 1. The molecule has 0 unspecified atom stereocenters. The number of anilines is 3. The molecule has 138 valence electrons. The number of amides is 1. The largest absolute Gasteiger partial charge is 0.395 e. The third-order valence-corrected chi connectivity index (χ3v) is 3.57. The van der Waals surface area contributed by atoms with Crippen LogP contribution in [-0.4, -0.2) is 35.6 Å². The molecule has 0 aliphatic heterocycles. The van der Waals surface area contributed by atoms with Gasteiger partial charge < -0.3 is 21.1 Å². The predicted octanol–water partition coefficient (Wildman–Crippen LogP) is 2.84. The Morgan fingerprint density at radius 3 is 2.62 bits per heavy atom. The Kier molecular flexibility index (Phi) is 6.70. The molecule has 8 nitrogen and oxygen atoms in total. The molecular formula is C16H16ClFN4O4. The first-order chi connectivity index (χ1) is 12.4. The minimum atomic E-state index is -0.598. The number of aliphatic hydroxyl groups excluding tert-OH is 1. The molecule has 0 radical (unpaired) electrons. The van der Waals surface area contributed by atoms with Gasteiger partial charge in [0.15, 0.2) is 0 Å². The van der Waals surface area contributed by atoms with Crippen LogP contribution in [0.1, 0.15) is 0 Å². The van der Waals surface area contributed by atoms with Crippen LogP contribution in [0.5, 0.6) is 0 Å². The molecule has 0 aliphatic carbocycles. The van der Waals surface area contributed by atoms with Crippen molar-refractivity contribution in [2.75, 3.05) is 35.6 Å². The molecule has 1 amide bonds. The third-order valence-electron chi connectivity index (χ3n) is 3.28. The highest BCUT2D eigenvalue weighted by Gasteiger charge is 2.12. The van der Waals surface area contributed by atoms with E-state index in [9.17, 15) is 19.3 Å². The zero-order valence-electron chi connectivity index (χ0n) is 13.5. The standard InChI is InChI=1S/C16H16ClFN4O4/c17-12-7-10(1-3-13(12)18)21-16(24)9-20-15-8-11(22(25)26)2-4-14(15)19-5-6-23/h1-4,7-8,19-20,23H,5-6,9H2,(H,21,24). The number of halogens is 2. The second kappa shape index (κ2) is 8.97. The van der Waals surface area contributed by atoms with Gasteiger partial charge in [0.25, 0.3) is 5.69 Å². The molecule has 26 heavy (non-hydrogen) atoms. The molecule has 0 bridgehead atoms. The number of benzene rings is 2. The zero-order valence-corrected chi connectivity index (χ0v) is 14.2. The van der Waals surface area contributed by atoms with E-state index in [-0.39, 0.29) is 30.4 Å². The van der Waals surface area contributed by atoms with Crippen molar-refractivity contribution in [3.63, 3.8) is 0 Å². The van der Waals surface area contributed by atoms with Gasteiger partial charge in [0.1, 0.15) is 5.82 Å². The number of hydrogen-bond acceptors (Lipinski definition) is 6.